The van der Waals surface area contributed by atoms with Crippen molar-refractivity contribution in [1.82, 2.24) is 0 Å². The molecule has 0 bridgehead atoms. The lowest BCUT2D eigenvalue weighted by Gasteiger charge is -2.17. The van der Waals surface area contributed by atoms with Crippen molar-refractivity contribution >= 4 is 46.7 Å². The quantitative estimate of drug-likeness (QED) is 0.126. The first kappa shape index (κ1) is 27.2. The first-order valence-corrected chi connectivity index (χ1v) is 13.0. The van der Waals surface area contributed by atoms with Crippen LogP contribution in [0.4, 0.5) is 0 Å². The second-order valence-electron chi connectivity index (χ2n) is 8.55. The van der Waals surface area contributed by atoms with Crippen molar-refractivity contribution in [2.45, 2.75) is 26.7 Å². The molecule has 0 aliphatic rings. The zero-order valence-corrected chi connectivity index (χ0v) is 22.6. The zero-order valence-electron chi connectivity index (χ0n) is 21.0. The van der Waals surface area contributed by atoms with Crippen molar-refractivity contribution in [3.63, 3.8) is 0 Å². The van der Waals surface area contributed by atoms with Gasteiger partial charge in [0.05, 0.1) is 11.1 Å². The van der Waals surface area contributed by atoms with Crippen molar-refractivity contribution < 1.29 is 19.1 Å². The molecule has 6 heteroatoms. The first-order valence-electron chi connectivity index (χ1n) is 12.3. The van der Waals surface area contributed by atoms with Gasteiger partial charge in [-0.1, -0.05) is 61.3 Å². The van der Waals surface area contributed by atoms with Crippen molar-refractivity contribution in [3.8, 4) is 0 Å². The van der Waals surface area contributed by atoms with Crippen molar-refractivity contribution in [3.05, 3.63) is 140 Å². The number of hydrogen-bond donors (Lipinski definition) is 0. The Balaban J connectivity index is 1.82. The number of carbonyl (C=O) groups excluding carboxylic acids is 2. The molecule has 0 N–H and O–H groups in total. The van der Waals surface area contributed by atoms with E-state index >= 15 is 0 Å². The molecular weight excluding hydrogens is 519 g/mol. The van der Waals surface area contributed by atoms with Gasteiger partial charge in [-0.3, -0.25) is 0 Å². The molecule has 4 rings (SSSR count). The number of hydrogen-bond acceptors (Lipinski definition) is 4. The van der Waals surface area contributed by atoms with Gasteiger partial charge in [0.25, 0.3) is 0 Å². The summed E-state index contributed by atoms with van der Waals surface area (Å²) in [6.45, 7) is 4.08. The Bertz CT molecular complexity index is 1320. The number of halogens is 2. The summed E-state index contributed by atoms with van der Waals surface area (Å²) < 4.78 is 11.9. The Morgan fingerprint density at radius 3 is 1.08 bits per heavy atom. The molecule has 0 aliphatic carbocycles. The molecule has 0 amide bonds. The molecule has 192 valence electrons. The van der Waals surface area contributed by atoms with E-state index < -0.39 is 11.9 Å². The monoisotopic (exact) mass is 544 g/mol. The molecule has 0 saturated carbocycles. The van der Waals surface area contributed by atoms with E-state index in [2.05, 4.69) is 0 Å². The molecule has 0 radical (unpaired) electrons. The molecule has 4 aromatic rings. The smallest absolute Gasteiger partial charge is 0.343 e. The number of esters is 2. The fourth-order valence-corrected chi connectivity index (χ4v) is 3.98. The second kappa shape index (κ2) is 12.6. The summed E-state index contributed by atoms with van der Waals surface area (Å²) in [6, 6.07) is 27.8. The van der Waals surface area contributed by atoms with Gasteiger partial charge in [-0.05, 0) is 96.8 Å². The van der Waals surface area contributed by atoms with Crippen LogP contribution < -0.4 is 0 Å². The van der Waals surface area contributed by atoms with Crippen LogP contribution in [0.15, 0.2) is 97.1 Å². The highest BCUT2D eigenvalue weighted by molar-refractivity contribution is 6.31. The van der Waals surface area contributed by atoms with Gasteiger partial charge in [-0.25, -0.2) is 9.59 Å². The Morgan fingerprint density at radius 2 is 0.789 bits per heavy atom. The number of carbonyl (C=O) groups is 2. The van der Waals surface area contributed by atoms with E-state index in [1.54, 1.807) is 72.8 Å². The lowest BCUT2D eigenvalue weighted by Crippen LogP contribution is -2.11. The normalized spacial score (nSPS) is 11.5. The molecule has 0 aliphatic heterocycles. The Labute approximate surface area is 232 Å². The highest BCUT2D eigenvalue weighted by atomic mass is 35.5. The van der Waals surface area contributed by atoms with Gasteiger partial charge in [0, 0.05) is 21.2 Å². The van der Waals surface area contributed by atoms with Crippen LogP contribution in [0.2, 0.25) is 10.0 Å². The summed E-state index contributed by atoms with van der Waals surface area (Å²) >= 11 is 12.3. The molecule has 0 fully saturated rings. The lowest BCUT2D eigenvalue weighted by atomic mass is 10.1. The molecule has 0 unspecified atom stereocenters. The number of aryl methyl sites for hydroxylation is 2. The second-order valence-corrected chi connectivity index (χ2v) is 9.42. The molecule has 0 saturated heterocycles. The maximum atomic E-state index is 13.3. The first-order chi connectivity index (χ1) is 18.4. The third-order valence-corrected chi connectivity index (χ3v) is 6.51. The van der Waals surface area contributed by atoms with Crippen LogP contribution in [0.3, 0.4) is 0 Å². The summed E-state index contributed by atoms with van der Waals surface area (Å²) in [5.41, 5.74) is 3.94. The van der Waals surface area contributed by atoms with Gasteiger partial charge in [0.15, 0.2) is 11.5 Å². The minimum absolute atomic E-state index is 0.0760. The van der Waals surface area contributed by atoms with E-state index in [1.165, 1.54) is 0 Å². The molecule has 4 aromatic carbocycles. The van der Waals surface area contributed by atoms with Crippen LogP contribution in [0, 0.1) is 0 Å². The summed E-state index contributed by atoms with van der Waals surface area (Å²) in [5, 5.41) is 1.02. The summed E-state index contributed by atoms with van der Waals surface area (Å²) in [4.78, 5) is 26.5. The Kier molecular flexibility index (Phi) is 9.01. The maximum absolute atomic E-state index is 13.3. The summed E-state index contributed by atoms with van der Waals surface area (Å²) in [7, 11) is 0. The van der Waals surface area contributed by atoms with E-state index in [0.717, 1.165) is 24.0 Å². The third-order valence-electron chi connectivity index (χ3n) is 6.00. The molecule has 38 heavy (non-hydrogen) atoms. The van der Waals surface area contributed by atoms with Crippen LogP contribution in [-0.4, -0.2) is 11.9 Å². The van der Waals surface area contributed by atoms with Crippen LogP contribution in [0.1, 0.15) is 56.8 Å². The van der Waals surface area contributed by atoms with E-state index in [4.69, 9.17) is 32.7 Å². The predicted molar refractivity (Wildman–Crippen MR) is 152 cm³/mol. The van der Waals surface area contributed by atoms with Gasteiger partial charge >= 0.3 is 11.9 Å². The SMILES string of the molecule is CCc1ccc(C(=O)O/C(=C(/OC(=O)c2ccc(CC)cc2)c2ccc(Cl)cc2)c2ccc(Cl)cc2)cc1. The van der Waals surface area contributed by atoms with Gasteiger partial charge in [-0.2, -0.15) is 0 Å². The van der Waals surface area contributed by atoms with Crippen LogP contribution >= 0.6 is 23.2 Å². The van der Waals surface area contributed by atoms with Gasteiger partial charge in [0.1, 0.15) is 0 Å². The number of ether oxygens (including phenoxy) is 2. The lowest BCUT2D eigenvalue weighted by molar-refractivity contribution is 0.0646. The Morgan fingerprint density at radius 1 is 0.500 bits per heavy atom. The minimum Gasteiger partial charge on any atom is -0.418 e. The average Bonchev–Trinajstić information content (AvgIpc) is 2.96. The molecule has 0 spiro atoms. The van der Waals surface area contributed by atoms with Crippen LogP contribution in [0.5, 0.6) is 0 Å². The average molecular weight is 545 g/mol. The van der Waals surface area contributed by atoms with Crippen LogP contribution in [0.25, 0.3) is 11.5 Å². The largest absolute Gasteiger partial charge is 0.418 e. The fraction of sp³-hybridized carbons (Fsp3) is 0.125. The molecule has 0 heterocycles. The van der Waals surface area contributed by atoms with E-state index in [9.17, 15) is 9.59 Å². The van der Waals surface area contributed by atoms with Gasteiger partial charge < -0.3 is 9.47 Å². The topological polar surface area (TPSA) is 52.6 Å². The van der Waals surface area contributed by atoms with Gasteiger partial charge in [-0.15, -0.1) is 0 Å². The standard InChI is InChI=1S/C32H26Cl2O4/c1-3-21-5-9-25(10-6-21)31(35)37-29(23-13-17-27(33)18-14-23)30(24-15-19-28(34)20-16-24)38-32(36)26-11-7-22(4-2)8-12-26/h5-20H,3-4H2,1-2H3/b30-29+. The fourth-order valence-electron chi connectivity index (χ4n) is 3.73. The van der Waals surface area contributed by atoms with Crippen molar-refractivity contribution in [2.24, 2.45) is 0 Å². The molecular formula is C32H26Cl2O4. The van der Waals surface area contributed by atoms with Gasteiger partial charge in [0.2, 0.25) is 0 Å². The van der Waals surface area contributed by atoms with E-state index in [1.807, 2.05) is 38.1 Å². The Hall–Kier alpha value is -3.86. The maximum Gasteiger partial charge on any atom is 0.343 e. The van der Waals surface area contributed by atoms with E-state index in [-0.39, 0.29) is 11.5 Å². The van der Waals surface area contributed by atoms with Crippen LogP contribution in [-0.2, 0) is 22.3 Å². The third kappa shape index (κ3) is 6.71. The van der Waals surface area contributed by atoms with E-state index in [0.29, 0.717) is 32.3 Å². The number of rotatable bonds is 8. The summed E-state index contributed by atoms with van der Waals surface area (Å²) in [5.74, 6) is -1.03. The highest BCUT2D eigenvalue weighted by Crippen LogP contribution is 2.32. The molecule has 0 atom stereocenters. The molecule has 4 nitrogen and oxygen atoms in total. The summed E-state index contributed by atoms with van der Waals surface area (Å²) in [6.07, 6.45) is 1.70. The zero-order chi connectivity index (χ0) is 27.1. The highest BCUT2D eigenvalue weighted by Gasteiger charge is 2.23. The predicted octanol–water partition coefficient (Wildman–Crippen LogP) is 8.66. The van der Waals surface area contributed by atoms with Crippen molar-refractivity contribution in [1.29, 1.82) is 0 Å². The van der Waals surface area contributed by atoms with Crippen molar-refractivity contribution in [2.75, 3.05) is 0 Å². The number of benzene rings is 4. The minimum atomic E-state index is -0.590. The molecule has 0 aromatic heterocycles.